The highest BCUT2D eigenvalue weighted by molar-refractivity contribution is 6.14. The lowest BCUT2D eigenvalue weighted by Gasteiger charge is -2.25. The van der Waals surface area contributed by atoms with E-state index in [0.717, 1.165) is 88.5 Å². The van der Waals surface area contributed by atoms with Crippen molar-refractivity contribution >= 4 is 28.4 Å². The van der Waals surface area contributed by atoms with Gasteiger partial charge in [-0.25, -0.2) is 20.9 Å². The number of hydrogen-bond acceptors (Lipinski definition) is 7. The standard InChI is InChI=1S/C44H54N8O.C3H8.C2H6/c1-5-8-13-31-16-18-33(19-17-31)30-51(46)50-43(45)35-25-26-40-38(28-35)49-44(52(40)36-14-10-9-11-15-36)34-23-20-32(21-24-34)22-27-42-47-29-39(48-42)37(7-3)41(53-4)12-6-2;1-3-2;1-2/h6-7,12,16-21,23-26,28,36H,2,5,8-11,13-15,22,27,29-30,46H2,1,3-4H3,(H2,45,50);3H2,1-2H3;1-2H3/b37-7-,41-12+;;. The van der Waals surface area contributed by atoms with Gasteiger partial charge in [0.2, 0.25) is 0 Å². The first-order valence-electron chi connectivity index (χ1n) is 21.5. The fourth-order valence-corrected chi connectivity index (χ4v) is 7.36. The first kappa shape index (κ1) is 45.4. The summed E-state index contributed by atoms with van der Waals surface area (Å²) >= 11 is 0. The Bertz CT molecular complexity index is 2040. The van der Waals surface area contributed by atoms with Crippen molar-refractivity contribution in [3.63, 3.8) is 0 Å². The van der Waals surface area contributed by atoms with Crippen molar-refractivity contribution in [3.05, 3.63) is 125 Å². The lowest BCUT2D eigenvalue weighted by Crippen LogP contribution is -2.29. The number of benzene rings is 3. The molecule has 4 N–H and O–H groups in total. The first-order chi connectivity index (χ1) is 28.3. The zero-order valence-corrected chi connectivity index (χ0v) is 36.3. The lowest BCUT2D eigenvalue weighted by atomic mass is 9.94. The molecule has 0 atom stereocenters. The van der Waals surface area contributed by atoms with Gasteiger partial charge in [0.1, 0.15) is 17.4 Å². The molecule has 58 heavy (non-hydrogen) atoms. The van der Waals surface area contributed by atoms with Gasteiger partial charge in [-0.05, 0) is 80.0 Å². The van der Waals surface area contributed by atoms with Crippen LogP contribution in [0.2, 0.25) is 0 Å². The average Bonchev–Trinajstić information content (AvgIpc) is 3.89. The minimum Gasteiger partial charge on any atom is -0.496 e. The summed E-state index contributed by atoms with van der Waals surface area (Å²) in [4.78, 5) is 14.8. The number of amidine groups is 2. The Hall–Kier alpha value is -5.28. The van der Waals surface area contributed by atoms with Gasteiger partial charge < -0.3 is 15.0 Å². The number of methoxy groups -OCH3 is 1. The molecule has 6 rings (SSSR count). The number of nitrogens with zero attached hydrogens (tertiary/aromatic N) is 6. The van der Waals surface area contributed by atoms with Gasteiger partial charge in [-0.15, -0.1) is 5.10 Å². The number of unbranched alkanes of at least 4 members (excludes halogenated alkanes) is 1. The number of ether oxygens (including phenoxy) is 1. The number of hydrazine groups is 1. The van der Waals surface area contributed by atoms with E-state index in [4.69, 9.17) is 31.3 Å². The van der Waals surface area contributed by atoms with Crippen molar-refractivity contribution in [1.29, 1.82) is 0 Å². The topological polar surface area (TPSA) is 119 Å². The van der Waals surface area contributed by atoms with Gasteiger partial charge in [0, 0.05) is 29.2 Å². The number of fused-ring (bicyclic) bond motifs is 1. The number of imidazole rings is 1. The Balaban J connectivity index is 0.00000142. The third-order valence-corrected chi connectivity index (χ3v) is 10.2. The molecule has 4 aromatic rings. The molecule has 1 aromatic heterocycles. The molecule has 0 saturated heterocycles. The maximum atomic E-state index is 6.53. The van der Waals surface area contributed by atoms with E-state index in [1.54, 1.807) is 13.2 Å². The van der Waals surface area contributed by atoms with Crippen LogP contribution in [0.5, 0.6) is 0 Å². The molecule has 1 aliphatic carbocycles. The molecule has 3 aromatic carbocycles. The van der Waals surface area contributed by atoms with E-state index in [0.29, 0.717) is 25.0 Å². The molecule has 0 bridgehead atoms. The van der Waals surface area contributed by atoms with Crippen LogP contribution in [0.1, 0.15) is 128 Å². The fourth-order valence-electron chi connectivity index (χ4n) is 7.36. The Morgan fingerprint density at radius 2 is 1.59 bits per heavy atom. The van der Waals surface area contributed by atoms with E-state index in [2.05, 4.69) is 91.6 Å². The molecule has 1 aliphatic heterocycles. The second-order valence-electron chi connectivity index (χ2n) is 14.7. The van der Waals surface area contributed by atoms with Crippen molar-refractivity contribution in [2.24, 2.45) is 26.7 Å². The zero-order valence-electron chi connectivity index (χ0n) is 36.3. The Morgan fingerprint density at radius 1 is 0.931 bits per heavy atom. The molecule has 0 unspecified atom stereocenters. The highest BCUT2D eigenvalue weighted by atomic mass is 16.5. The predicted molar refractivity (Wildman–Crippen MR) is 247 cm³/mol. The second-order valence-corrected chi connectivity index (χ2v) is 14.7. The molecule has 310 valence electrons. The van der Waals surface area contributed by atoms with Crippen molar-refractivity contribution in [3.8, 4) is 11.4 Å². The van der Waals surface area contributed by atoms with Crippen molar-refractivity contribution in [2.45, 2.75) is 125 Å². The van der Waals surface area contributed by atoms with Crippen LogP contribution in [0.15, 0.2) is 118 Å². The van der Waals surface area contributed by atoms with Crippen molar-refractivity contribution in [1.82, 2.24) is 14.7 Å². The van der Waals surface area contributed by atoms with Gasteiger partial charge in [-0.1, -0.05) is 134 Å². The van der Waals surface area contributed by atoms with Crippen molar-refractivity contribution in [2.75, 3.05) is 13.7 Å². The number of nitrogens with two attached hydrogens (primary N) is 2. The summed E-state index contributed by atoms with van der Waals surface area (Å²) in [6.07, 6.45) is 18.0. The zero-order chi connectivity index (χ0) is 41.9. The Morgan fingerprint density at radius 3 is 2.22 bits per heavy atom. The van der Waals surface area contributed by atoms with E-state index in [1.165, 1.54) is 54.8 Å². The van der Waals surface area contributed by atoms with Gasteiger partial charge in [0.05, 0.1) is 36.9 Å². The number of aryl methyl sites for hydroxylation is 2. The monoisotopic (exact) mass is 785 g/mol. The molecule has 9 nitrogen and oxygen atoms in total. The SMILES string of the molecule is C=C/C=C(OC)\C(=C/C)C1=NC(CCc2ccc(-c3nc4cc(/C(N)=N/N(N)Cc5ccc(CCCC)cc5)ccc4n3C3CCCCC3)cc2)=NC1.CC.CCC. The number of aliphatic imine (C=N–C) groups is 2. The number of hydrogen-bond donors (Lipinski definition) is 2. The van der Waals surface area contributed by atoms with E-state index in [1.807, 2.05) is 45.1 Å². The first-order valence-corrected chi connectivity index (χ1v) is 21.5. The summed E-state index contributed by atoms with van der Waals surface area (Å²) < 4.78 is 8.01. The van der Waals surface area contributed by atoms with Crippen LogP contribution in [-0.4, -0.2) is 45.7 Å². The van der Waals surface area contributed by atoms with Crippen molar-refractivity contribution < 1.29 is 4.74 Å². The molecule has 2 aliphatic rings. The minimum absolute atomic E-state index is 0.365. The summed E-state index contributed by atoms with van der Waals surface area (Å²) in [5.74, 6) is 9.28. The normalized spacial score (nSPS) is 14.9. The fraction of sp³-hybridized carbons (Fsp3) is 0.429. The molecular weight excluding hydrogens is 717 g/mol. The number of allylic oxidation sites excluding steroid dienone is 4. The minimum atomic E-state index is 0.365. The van der Waals surface area contributed by atoms with E-state index in [9.17, 15) is 0 Å². The van der Waals surface area contributed by atoms with Crippen LogP contribution in [0.3, 0.4) is 0 Å². The molecular formula is C49H68N8O. The second kappa shape index (κ2) is 23.8. The summed E-state index contributed by atoms with van der Waals surface area (Å²) in [5.41, 5.74) is 16.0. The van der Waals surface area contributed by atoms with Crippen LogP contribution in [0, 0.1) is 0 Å². The summed E-state index contributed by atoms with van der Waals surface area (Å²) in [6.45, 7) is 17.3. The van der Waals surface area contributed by atoms with Crippen LogP contribution in [0.25, 0.3) is 22.4 Å². The highest BCUT2D eigenvalue weighted by Crippen LogP contribution is 2.36. The molecule has 1 fully saturated rings. The maximum absolute atomic E-state index is 6.53. The smallest absolute Gasteiger partial charge is 0.152 e. The molecule has 0 spiro atoms. The molecule has 1 saturated carbocycles. The van der Waals surface area contributed by atoms with E-state index in [-0.39, 0.29) is 0 Å². The molecule has 9 heteroatoms. The largest absolute Gasteiger partial charge is 0.496 e. The summed E-state index contributed by atoms with van der Waals surface area (Å²) in [5, 5.41) is 5.94. The lowest BCUT2D eigenvalue weighted by molar-refractivity contribution is 0.290. The molecule has 0 radical (unpaired) electrons. The quantitative estimate of drug-likeness (QED) is 0.0293. The Kier molecular flexibility index (Phi) is 18.7. The summed E-state index contributed by atoms with van der Waals surface area (Å²) in [6, 6.07) is 24.0. The van der Waals surface area contributed by atoms with E-state index >= 15 is 0 Å². The predicted octanol–water partition coefficient (Wildman–Crippen LogP) is 11.4. The number of aromatic nitrogens is 2. The van der Waals surface area contributed by atoms with E-state index < -0.39 is 0 Å². The Labute approximate surface area is 348 Å². The number of rotatable bonds is 16. The van der Waals surface area contributed by atoms with Gasteiger partial charge in [-0.2, -0.15) is 0 Å². The van der Waals surface area contributed by atoms with Gasteiger partial charge in [-0.3, -0.25) is 4.99 Å². The summed E-state index contributed by atoms with van der Waals surface area (Å²) in [7, 11) is 1.67. The third-order valence-electron chi connectivity index (χ3n) is 10.2. The molecule has 0 amide bonds. The number of hydrazone groups is 1. The average molecular weight is 785 g/mol. The highest BCUT2D eigenvalue weighted by Gasteiger charge is 2.23. The van der Waals surface area contributed by atoms with Crippen LogP contribution in [0.4, 0.5) is 0 Å². The van der Waals surface area contributed by atoms with Crippen LogP contribution < -0.4 is 11.6 Å². The van der Waals surface area contributed by atoms with Crippen LogP contribution in [-0.2, 0) is 24.1 Å². The van der Waals surface area contributed by atoms with Gasteiger partial charge >= 0.3 is 0 Å². The van der Waals surface area contributed by atoms with Gasteiger partial charge in [0.25, 0.3) is 0 Å². The maximum Gasteiger partial charge on any atom is 0.152 e. The van der Waals surface area contributed by atoms with Crippen LogP contribution >= 0.6 is 0 Å². The van der Waals surface area contributed by atoms with Gasteiger partial charge in [0.15, 0.2) is 5.84 Å². The third kappa shape index (κ3) is 12.4. The molecule has 2 heterocycles.